The van der Waals surface area contributed by atoms with Gasteiger partial charge in [-0.2, -0.15) is 0 Å². The molecule has 0 spiro atoms. The Labute approximate surface area is 78.1 Å². The number of likely N-dealkylation sites (N-methyl/N-ethyl adjacent to an activating group) is 1. The first-order valence-electron chi connectivity index (χ1n) is 3.95. The second-order valence-corrected chi connectivity index (χ2v) is 3.07. The van der Waals surface area contributed by atoms with Crippen LogP contribution in [0.15, 0.2) is 12.2 Å². The summed E-state index contributed by atoms with van der Waals surface area (Å²) in [5, 5.41) is 9.26. The molecule has 0 amide bonds. The van der Waals surface area contributed by atoms with E-state index < -0.39 is 12.1 Å². The van der Waals surface area contributed by atoms with E-state index in [4.69, 9.17) is 4.74 Å². The number of hydrogen-bond acceptors (Lipinski definition) is 3. The molecule has 4 nitrogen and oxygen atoms in total. The van der Waals surface area contributed by atoms with Crippen LogP contribution < -0.4 is 0 Å². The zero-order chi connectivity index (χ0) is 10.4. The van der Waals surface area contributed by atoms with Crippen LogP contribution in [-0.4, -0.2) is 48.7 Å². The van der Waals surface area contributed by atoms with Gasteiger partial charge >= 0.3 is 5.97 Å². The average molecular weight is 186 g/mol. The highest BCUT2D eigenvalue weighted by molar-refractivity contribution is 5.86. The molecular formula is C9H16NO3+. The molecule has 0 aromatic carbocycles. The lowest BCUT2D eigenvalue weighted by atomic mass is 10.3. The summed E-state index contributed by atoms with van der Waals surface area (Å²) in [7, 11) is 1.73. The Morgan fingerprint density at radius 2 is 2.23 bits per heavy atom. The number of aliphatic hydroxyl groups is 1. The van der Waals surface area contributed by atoms with Crippen LogP contribution in [0, 0.1) is 0 Å². The third-order valence-electron chi connectivity index (χ3n) is 1.28. The number of nitrogens with zero attached hydrogens (tertiary/aromatic N) is 1. The summed E-state index contributed by atoms with van der Waals surface area (Å²) in [5.74, 6) is -0.481. The standard InChI is InChI=1S/C9H16NO3/c1-7(2)9(12)13-6-8(11)5-10(3)4/h8,11H,1,3,5-6H2,2,4H3/q+1. The summed E-state index contributed by atoms with van der Waals surface area (Å²) >= 11 is 0. The molecule has 0 rings (SSSR count). The normalized spacial score (nSPS) is 11.9. The van der Waals surface area contributed by atoms with Gasteiger partial charge in [-0.1, -0.05) is 6.58 Å². The Morgan fingerprint density at radius 1 is 1.69 bits per heavy atom. The summed E-state index contributed by atoms with van der Waals surface area (Å²) in [6.45, 7) is 8.87. The fourth-order valence-corrected chi connectivity index (χ4v) is 0.708. The molecule has 0 bridgehead atoms. The van der Waals surface area contributed by atoms with Gasteiger partial charge in [0.1, 0.15) is 26.5 Å². The van der Waals surface area contributed by atoms with Gasteiger partial charge in [-0.3, -0.25) is 0 Å². The topological polar surface area (TPSA) is 49.5 Å². The number of carbonyl (C=O) groups excluding carboxylic acids is 1. The van der Waals surface area contributed by atoms with Crippen LogP contribution in [0.3, 0.4) is 0 Å². The lowest BCUT2D eigenvalue weighted by molar-refractivity contribution is -0.498. The van der Waals surface area contributed by atoms with Crippen LogP contribution in [0.5, 0.6) is 0 Å². The maximum Gasteiger partial charge on any atom is 0.333 e. The summed E-state index contributed by atoms with van der Waals surface area (Å²) < 4.78 is 6.29. The molecule has 74 valence electrons. The van der Waals surface area contributed by atoms with Crippen molar-refractivity contribution >= 4 is 12.7 Å². The van der Waals surface area contributed by atoms with E-state index in [2.05, 4.69) is 13.3 Å². The SMILES string of the molecule is C=C(C)C(=O)OCC(O)C[N+](=C)C. The van der Waals surface area contributed by atoms with Crippen molar-refractivity contribution < 1.29 is 19.2 Å². The van der Waals surface area contributed by atoms with Crippen LogP contribution in [0.4, 0.5) is 0 Å². The second-order valence-electron chi connectivity index (χ2n) is 3.07. The van der Waals surface area contributed by atoms with Crippen LogP contribution in [0.2, 0.25) is 0 Å². The van der Waals surface area contributed by atoms with Crippen molar-refractivity contribution in [2.24, 2.45) is 0 Å². The molecule has 0 saturated carbocycles. The summed E-state index contributed by atoms with van der Waals surface area (Å²) in [6, 6.07) is 0. The summed E-state index contributed by atoms with van der Waals surface area (Å²) in [6.07, 6.45) is -0.703. The predicted octanol–water partition coefficient (Wildman–Crippen LogP) is -0.191. The first kappa shape index (κ1) is 11.8. The smallest absolute Gasteiger partial charge is 0.333 e. The van der Waals surface area contributed by atoms with Crippen LogP contribution >= 0.6 is 0 Å². The minimum absolute atomic E-state index is 0.0223. The fraction of sp³-hybridized carbons (Fsp3) is 0.556. The van der Waals surface area contributed by atoms with Crippen LogP contribution in [0.1, 0.15) is 6.92 Å². The molecule has 0 aliphatic heterocycles. The third-order valence-corrected chi connectivity index (χ3v) is 1.28. The quantitative estimate of drug-likeness (QED) is 0.280. The minimum atomic E-state index is -0.703. The van der Waals surface area contributed by atoms with Gasteiger partial charge in [0.15, 0.2) is 6.54 Å². The summed E-state index contributed by atoms with van der Waals surface area (Å²) in [5.41, 5.74) is 0.329. The van der Waals surface area contributed by atoms with E-state index >= 15 is 0 Å². The predicted molar refractivity (Wildman–Crippen MR) is 50.0 cm³/mol. The van der Waals surface area contributed by atoms with E-state index in [-0.39, 0.29) is 6.61 Å². The van der Waals surface area contributed by atoms with Crippen LogP contribution in [0.25, 0.3) is 0 Å². The van der Waals surface area contributed by atoms with Gasteiger partial charge in [0.05, 0.1) is 0 Å². The van der Waals surface area contributed by atoms with Gasteiger partial charge < -0.3 is 9.84 Å². The number of esters is 1. The third kappa shape index (κ3) is 6.04. The van der Waals surface area contributed by atoms with E-state index in [1.807, 2.05) is 0 Å². The number of rotatable bonds is 5. The van der Waals surface area contributed by atoms with Crippen molar-refractivity contribution in [3.8, 4) is 0 Å². The molecule has 0 aromatic heterocycles. The van der Waals surface area contributed by atoms with Crippen molar-refractivity contribution in [1.82, 2.24) is 0 Å². The first-order valence-corrected chi connectivity index (χ1v) is 3.95. The minimum Gasteiger partial charge on any atom is -0.459 e. The molecule has 0 aromatic rings. The van der Waals surface area contributed by atoms with Crippen molar-refractivity contribution in [2.75, 3.05) is 20.2 Å². The zero-order valence-corrected chi connectivity index (χ0v) is 8.12. The van der Waals surface area contributed by atoms with E-state index in [0.29, 0.717) is 12.1 Å². The van der Waals surface area contributed by atoms with E-state index in [0.717, 1.165) is 0 Å². The second kappa shape index (κ2) is 5.48. The molecule has 0 radical (unpaired) electrons. The molecule has 4 heteroatoms. The maximum atomic E-state index is 10.9. The highest BCUT2D eigenvalue weighted by atomic mass is 16.5. The van der Waals surface area contributed by atoms with Gasteiger partial charge in [-0.15, -0.1) is 0 Å². The highest BCUT2D eigenvalue weighted by Gasteiger charge is 2.11. The van der Waals surface area contributed by atoms with Crippen molar-refractivity contribution in [2.45, 2.75) is 13.0 Å². The maximum absolute atomic E-state index is 10.9. The molecule has 13 heavy (non-hydrogen) atoms. The Kier molecular flexibility index (Phi) is 4.99. The highest BCUT2D eigenvalue weighted by Crippen LogP contribution is 1.93. The van der Waals surface area contributed by atoms with E-state index in [9.17, 15) is 9.90 Å². The Morgan fingerprint density at radius 3 is 2.62 bits per heavy atom. The van der Waals surface area contributed by atoms with Gasteiger partial charge in [0.2, 0.25) is 0 Å². The molecular weight excluding hydrogens is 170 g/mol. The molecule has 0 saturated heterocycles. The molecule has 1 atom stereocenters. The van der Waals surface area contributed by atoms with Gasteiger partial charge in [0, 0.05) is 5.57 Å². The molecule has 0 aliphatic carbocycles. The Balaban J connectivity index is 3.70. The zero-order valence-electron chi connectivity index (χ0n) is 8.12. The van der Waals surface area contributed by atoms with Crippen molar-refractivity contribution in [1.29, 1.82) is 0 Å². The number of hydrogen-bond donors (Lipinski definition) is 1. The lowest BCUT2D eigenvalue weighted by Crippen LogP contribution is -2.27. The Bertz CT molecular complexity index is 223. The van der Waals surface area contributed by atoms with Crippen LogP contribution in [-0.2, 0) is 9.53 Å². The van der Waals surface area contributed by atoms with Gasteiger partial charge in [0.25, 0.3) is 0 Å². The molecule has 1 unspecified atom stereocenters. The molecule has 1 N–H and O–H groups in total. The van der Waals surface area contributed by atoms with E-state index in [1.165, 1.54) is 0 Å². The van der Waals surface area contributed by atoms with E-state index in [1.54, 1.807) is 18.5 Å². The van der Waals surface area contributed by atoms with Crippen molar-refractivity contribution in [3.05, 3.63) is 12.2 Å². The summed E-state index contributed by atoms with van der Waals surface area (Å²) in [4.78, 5) is 10.9. The average Bonchev–Trinajstić information content (AvgIpc) is 1.98. The number of aliphatic hydroxyl groups excluding tert-OH is 1. The van der Waals surface area contributed by atoms with Crippen molar-refractivity contribution in [3.63, 3.8) is 0 Å². The first-order chi connectivity index (χ1) is 5.93. The lowest BCUT2D eigenvalue weighted by Gasteiger charge is -2.08. The molecule has 0 fully saturated rings. The molecule has 0 aliphatic rings. The van der Waals surface area contributed by atoms with Gasteiger partial charge in [-0.05, 0) is 6.92 Å². The number of ether oxygens (including phenoxy) is 1. The fourth-order valence-electron chi connectivity index (χ4n) is 0.708. The molecule has 0 heterocycles. The monoisotopic (exact) mass is 186 g/mol. The van der Waals surface area contributed by atoms with Gasteiger partial charge in [-0.25, -0.2) is 9.37 Å². The Hall–Kier alpha value is -1.16. The number of carbonyl (C=O) groups is 1. The largest absolute Gasteiger partial charge is 0.459 e.